The maximum atomic E-state index is 12.8. The van der Waals surface area contributed by atoms with E-state index in [0.717, 1.165) is 0 Å². The molecule has 76 valence electrons. The highest BCUT2D eigenvalue weighted by molar-refractivity contribution is 5.79. The molecular weight excluding hydrogens is 181 g/mol. The molecule has 0 heterocycles. The molecule has 0 saturated carbocycles. The molecule has 0 saturated heterocycles. The molecule has 1 aromatic rings. The van der Waals surface area contributed by atoms with Crippen molar-refractivity contribution in [2.24, 2.45) is 4.99 Å². The summed E-state index contributed by atoms with van der Waals surface area (Å²) in [6.07, 6.45) is 1.57. The van der Waals surface area contributed by atoms with Crippen LogP contribution in [0, 0.1) is 5.82 Å². The Morgan fingerprint density at radius 2 is 2.21 bits per heavy atom. The molecule has 2 nitrogen and oxygen atoms in total. The topological polar surface area (TPSA) is 32.6 Å². The lowest BCUT2D eigenvalue weighted by Gasteiger charge is -2.14. The molecule has 0 atom stereocenters. The van der Waals surface area contributed by atoms with Gasteiger partial charge in [0.2, 0.25) is 0 Å². The Labute approximate surface area is 83.1 Å². The molecular formula is C11H14FNO. The van der Waals surface area contributed by atoms with E-state index in [9.17, 15) is 4.39 Å². The maximum absolute atomic E-state index is 12.8. The smallest absolute Gasteiger partial charge is 0.123 e. The van der Waals surface area contributed by atoms with E-state index in [1.807, 2.05) is 13.8 Å². The second-order valence-corrected chi connectivity index (χ2v) is 3.78. The van der Waals surface area contributed by atoms with E-state index >= 15 is 0 Å². The number of hydrogen-bond donors (Lipinski definition) is 1. The molecule has 1 N–H and O–H groups in total. The van der Waals surface area contributed by atoms with Crippen LogP contribution in [0.2, 0.25) is 0 Å². The van der Waals surface area contributed by atoms with Crippen molar-refractivity contribution in [3.8, 4) is 0 Å². The SMILES string of the molecule is CC(C)(CO)N=Cc1cccc(F)c1. The molecule has 0 aliphatic heterocycles. The van der Waals surface area contributed by atoms with Crippen molar-refractivity contribution in [1.29, 1.82) is 0 Å². The number of aliphatic hydroxyl groups excluding tert-OH is 1. The number of hydrogen-bond acceptors (Lipinski definition) is 2. The van der Waals surface area contributed by atoms with Crippen LogP contribution in [0.1, 0.15) is 19.4 Å². The van der Waals surface area contributed by atoms with Gasteiger partial charge in [-0.2, -0.15) is 0 Å². The van der Waals surface area contributed by atoms with Crippen LogP contribution in [0.4, 0.5) is 4.39 Å². The number of aliphatic imine (C=N–C) groups is 1. The molecule has 0 aliphatic carbocycles. The third-order valence-electron chi connectivity index (χ3n) is 1.80. The number of aliphatic hydroxyl groups is 1. The quantitative estimate of drug-likeness (QED) is 0.735. The zero-order valence-corrected chi connectivity index (χ0v) is 8.37. The third kappa shape index (κ3) is 3.26. The van der Waals surface area contributed by atoms with Crippen molar-refractivity contribution in [3.63, 3.8) is 0 Å². The summed E-state index contributed by atoms with van der Waals surface area (Å²) in [5.74, 6) is -0.282. The molecule has 3 heteroatoms. The van der Waals surface area contributed by atoms with E-state index in [4.69, 9.17) is 5.11 Å². The zero-order chi connectivity index (χ0) is 10.6. The van der Waals surface area contributed by atoms with Gasteiger partial charge in [-0.15, -0.1) is 0 Å². The van der Waals surface area contributed by atoms with Gasteiger partial charge >= 0.3 is 0 Å². The average molecular weight is 195 g/mol. The fraction of sp³-hybridized carbons (Fsp3) is 0.364. The Kier molecular flexibility index (Phi) is 3.36. The molecule has 0 bridgehead atoms. The summed E-state index contributed by atoms with van der Waals surface area (Å²) in [7, 11) is 0. The Morgan fingerprint density at radius 3 is 2.79 bits per heavy atom. The van der Waals surface area contributed by atoms with Gasteiger partial charge in [0.1, 0.15) is 5.82 Å². The van der Waals surface area contributed by atoms with Crippen LogP contribution in [0.15, 0.2) is 29.3 Å². The molecule has 0 aromatic heterocycles. The van der Waals surface area contributed by atoms with E-state index < -0.39 is 5.54 Å². The van der Waals surface area contributed by atoms with Crippen LogP contribution in [0.3, 0.4) is 0 Å². The molecule has 1 rings (SSSR count). The molecule has 14 heavy (non-hydrogen) atoms. The minimum absolute atomic E-state index is 0.0290. The monoisotopic (exact) mass is 195 g/mol. The normalized spacial score (nSPS) is 12.3. The van der Waals surface area contributed by atoms with Crippen molar-refractivity contribution in [1.82, 2.24) is 0 Å². The standard InChI is InChI=1S/C11H14FNO/c1-11(2,8-14)13-7-9-4-3-5-10(12)6-9/h3-7,14H,8H2,1-2H3. The van der Waals surface area contributed by atoms with Crippen LogP contribution in [-0.2, 0) is 0 Å². The fourth-order valence-electron chi connectivity index (χ4n) is 0.877. The van der Waals surface area contributed by atoms with Crippen molar-refractivity contribution in [2.75, 3.05) is 6.61 Å². The summed E-state index contributed by atoms with van der Waals surface area (Å²) in [5.41, 5.74) is 0.193. The first-order chi connectivity index (χ1) is 6.53. The lowest BCUT2D eigenvalue weighted by molar-refractivity contribution is 0.223. The van der Waals surface area contributed by atoms with E-state index in [1.165, 1.54) is 12.1 Å². The zero-order valence-electron chi connectivity index (χ0n) is 8.37. The van der Waals surface area contributed by atoms with Crippen LogP contribution in [-0.4, -0.2) is 23.5 Å². The van der Waals surface area contributed by atoms with E-state index in [1.54, 1.807) is 18.3 Å². The Morgan fingerprint density at radius 1 is 1.50 bits per heavy atom. The largest absolute Gasteiger partial charge is 0.394 e. The molecule has 0 amide bonds. The third-order valence-corrected chi connectivity index (χ3v) is 1.80. The highest BCUT2D eigenvalue weighted by atomic mass is 19.1. The lowest BCUT2D eigenvalue weighted by atomic mass is 10.1. The minimum Gasteiger partial charge on any atom is -0.394 e. The summed E-state index contributed by atoms with van der Waals surface area (Å²) in [6, 6.07) is 6.17. The molecule has 1 aromatic carbocycles. The lowest BCUT2D eigenvalue weighted by Crippen LogP contribution is -2.21. The van der Waals surface area contributed by atoms with Gasteiger partial charge < -0.3 is 5.11 Å². The van der Waals surface area contributed by atoms with Gasteiger partial charge in [0.25, 0.3) is 0 Å². The first-order valence-electron chi connectivity index (χ1n) is 4.45. The summed E-state index contributed by atoms with van der Waals surface area (Å²) < 4.78 is 12.8. The minimum atomic E-state index is -0.508. The van der Waals surface area contributed by atoms with Gasteiger partial charge in [-0.1, -0.05) is 12.1 Å². The van der Waals surface area contributed by atoms with E-state index in [0.29, 0.717) is 5.56 Å². The predicted molar refractivity (Wildman–Crippen MR) is 55.2 cm³/mol. The van der Waals surface area contributed by atoms with Gasteiger partial charge in [-0.25, -0.2) is 4.39 Å². The fourth-order valence-corrected chi connectivity index (χ4v) is 0.877. The molecule has 0 fully saturated rings. The molecule has 0 aliphatic rings. The van der Waals surface area contributed by atoms with E-state index in [-0.39, 0.29) is 12.4 Å². The molecule has 0 unspecified atom stereocenters. The number of nitrogens with zero attached hydrogens (tertiary/aromatic N) is 1. The maximum Gasteiger partial charge on any atom is 0.123 e. The van der Waals surface area contributed by atoms with Crippen LogP contribution < -0.4 is 0 Å². The highest BCUT2D eigenvalue weighted by Crippen LogP contribution is 2.08. The Bertz CT molecular complexity index is 334. The van der Waals surface area contributed by atoms with Crippen LogP contribution in [0.25, 0.3) is 0 Å². The first kappa shape index (κ1) is 10.9. The summed E-state index contributed by atoms with van der Waals surface area (Å²) in [6.45, 7) is 3.59. The van der Waals surface area contributed by atoms with Gasteiger partial charge in [-0.3, -0.25) is 4.99 Å². The summed E-state index contributed by atoms with van der Waals surface area (Å²) in [5, 5.41) is 8.94. The Hall–Kier alpha value is -1.22. The van der Waals surface area contributed by atoms with Crippen LogP contribution >= 0.6 is 0 Å². The molecule has 0 radical (unpaired) electrons. The second kappa shape index (κ2) is 4.33. The van der Waals surface area contributed by atoms with Gasteiger partial charge in [-0.05, 0) is 31.5 Å². The van der Waals surface area contributed by atoms with Crippen molar-refractivity contribution in [3.05, 3.63) is 35.6 Å². The second-order valence-electron chi connectivity index (χ2n) is 3.78. The van der Waals surface area contributed by atoms with Gasteiger partial charge in [0, 0.05) is 6.21 Å². The van der Waals surface area contributed by atoms with E-state index in [2.05, 4.69) is 4.99 Å². The average Bonchev–Trinajstić information content (AvgIpc) is 2.15. The van der Waals surface area contributed by atoms with Gasteiger partial charge in [0.15, 0.2) is 0 Å². The van der Waals surface area contributed by atoms with Crippen molar-refractivity contribution >= 4 is 6.21 Å². The van der Waals surface area contributed by atoms with Crippen molar-refractivity contribution < 1.29 is 9.50 Å². The highest BCUT2D eigenvalue weighted by Gasteiger charge is 2.12. The van der Waals surface area contributed by atoms with Gasteiger partial charge in [0.05, 0.1) is 12.1 Å². The van der Waals surface area contributed by atoms with Crippen molar-refractivity contribution in [2.45, 2.75) is 19.4 Å². The molecule has 0 spiro atoms. The predicted octanol–water partition coefficient (Wildman–Crippen LogP) is 2.02. The first-order valence-corrected chi connectivity index (χ1v) is 4.45. The Balaban J connectivity index is 2.78. The van der Waals surface area contributed by atoms with Crippen LogP contribution in [0.5, 0.6) is 0 Å². The number of rotatable bonds is 3. The number of halogens is 1. The summed E-state index contributed by atoms with van der Waals surface area (Å²) >= 11 is 0. The summed E-state index contributed by atoms with van der Waals surface area (Å²) in [4.78, 5) is 4.14. The number of benzene rings is 1.